The fourth-order valence-electron chi connectivity index (χ4n) is 3.38. The zero-order chi connectivity index (χ0) is 18.2. The summed E-state index contributed by atoms with van der Waals surface area (Å²) < 4.78 is 2.27. The van der Waals surface area contributed by atoms with Gasteiger partial charge in [-0.25, -0.2) is 0 Å². The zero-order valence-corrected chi connectivity index (χ0v) is 15.4. The van der Waals surface area contributed by atoms with E-state index in [2.05, 4.69) is 38.0 Å². The normalized spacial score (nSPS) is 13.7. The molecule has 2 aromatic carbocycles. The second-order valence-electron chi connectivity index (χ2n) is 6.71. The van der Waals surface area contributed by atoms with E-state index in [1.807, 2.05) is 42.6 Å². The maximum atomic E-state index is 9.30. The zero-order valence-electron chi connectivity index (χ0n) is 14.6. The van der Waals surface area contributed by atoms with E-state index >= 15 is 0 Å². The number of hydrogen-bond acceptors (Lipinski definition) is 4. The lowest BCUT2D eigenvalue weighted by atomic mass is 10.1. The number of thioether (sulfide) groups is 1. The van der Waals surface area contributed by atoms with Gasteiger partial charge in [-0.2, -0.15) is 5.26 Å². The summed E-state index contributed by atoms with van der Waals surface area (Å²) in [5.74, 6) is 1.63. The van der Waals surface area contributed by atoms with Crippen molar-refractivity contribution in [2.75, 3.05) is 0 Å². The van der Waals surface area contributed by atoms with Crippen molar-refractivity contribution >= 4 is 22.7 Å². The first-order valence-electron chi connectivity index (χ1n) is 8.97. The Bertz CT molecular complexity index is 1160. The Balaban J connectivity index is 1.51. The van der Waals surface area contributed by atoms with Crippen LogP contribution in [0.1, 0.15) is 30.0 Å². The SMILES string of the molecule is N#Cc1ccccc1CSc1nnc(-c2c[nH]c3ccccc23)n1C1CC1. The van der Waals surface area contributed by atoms with Crippen LogP contribution in [0.4, 0.5) is 0 Å². The van der Waals surface area contributed by atoms with Crippen LogP contribution in [-0.2, 0) is 5.75 Å². The monoisotopic (exact) mass is 371 g/mol. The number of hydrogen-bond donors (Lipinski definition) is 1. The van der Waals surface area contributed by atoms with Gasteiger partial charge in [0, 0.05) is 34.5 Å². The highest BCUT2D eigenvalue weighted by atomic mass is 32.2. The predicted octanol–water partition coefficient (Wildman–Crippen LogP) is 4.93. The van der Waals surface area contributed by atoms with Crippen LogP contribution in [-0.4, -0.2) is 19.7 Å². The molecule has 5 nitrogen and oxygen atoms in total. The number of nitrogens with zero attached hydrogens (tertiary/aromatic N) is 4. The Hall–Kier alpha value is -3.04. The summed E-state index contributed by atoms with van der Waals surface area (Å²) in [6.07, 6.45) is 4.35. The fraction of sp³-hybridized carbons (Fsp3) is 0.190. The molecule has 0 aliphatic heterocycles. The number of benzene rings is 2. The number of para-hydroxylation sites is 1. The summed E-state index contributed by atoms with van der Waals surface area (Å²) in [4.78, 5) is 3.33. The van der Waals surface area contributed by atoms with Gasteiger partial charge in [-0.05, 0) is 30.5 Å². The van der Waals surface area contributed by atoms with Crippen LogP contribution in [0.2, 0.25) is 0 Å². The van der Waals surface area contributed by atoms with Crippen molar-refractivity contribution < 1.29 is 0 Å². The summed E-state index contributed by atoms with van der Waals surface area (Å²) in [5, 5.41) is 20.4. The minimum atomic E-state index is 0.470. The number of rotatable bonds is 5. The van der Waals surface area contributed by atoms with Crippen molar-refractivity contribution in [3.63, 3.8) is 0 Å². The second-order valence-corrected chi connectivity index (χ2v) is 7.66. The molecule has 27 heavy (non-hydrogen) atoms. The Morgan fingerprint density at radius 3 is 2.78 bits per heavy atom. The lowest BCUT2D eigenvalue weighted by Crippen LogP contribution is -2.00. The third-order valence-corrected chi connectivity index (χ3v) is 5.89. The van der Waals surface area contributed by atoms with Gasteiger partial charge in [-0.15, -0.1) is 10.2 Å². The predicted molar refractivity (Wildman–Crippen MR) is 106 cm³/mol. The van der Waals surface area contributed by atoms with Crippen LogP contribution < -0.4 is 0 Å². The minimum Gasteiger partial charge on any atom is -0.360 e. The van der Waals surface area contributed by atoms with E-state index in [-0.39, 0.29) is 0 Å². The number of fused-ring (bicyclic) bond motifs is 1. The molecular weight excluding hydrogens is 354 g/mol. The quantitative estimate of drug-likeness (QED) is 0.505. The average Bonchev–Trinajstić information content (AvgIpc) is 3.33. The topological polar surface area (TPSA) is 70.3 Å². The van der Waals surface area contributed by atoms with E-state index in [1.54, 1.807) is 11.8 Å². The molecule has 2 aromatic heterocycles. The number of nitrogens with one attached hydrogen (secondary N) is 1. The molecule has 1 saturated carbocycles. The van der Waals surface area contributed by atoms with Crippen molar-refractivity contribution in [1.29, 1.82) is 5.26 Å². The van der Waals surface area contributed by atoms with E-state index in [9.17, 15) is 5.26 Å². The van der Waals surface area contributed by atoms with Crippen LogP contribution in [0.3, 0.4) is 0 Å². The lowest BCUT2D eigenvalue weighted by molar-refractivity contribution is 0.669. The average molecular weight is 371 g/mol. The molecule has 1 N–H and O–H groups in total. The first kappa shape index (κ1) is 16.2. The number of H-pyrrole nitrogens is 1. The van der Waals surface area contributed by atoms with Crippen molar-refractivity contribution in [2.24, 2.45) is 0 Å². The highest BCUT2D eigenvalue weighted by Crippen LogP contribution is 2.42. The van der Waals surface area contributed by atoms with E-state index in [4.69, 9.17) is 0 Å². The summed E-state index contributed by atoms with van der Waals surface area (Å²) in [5.41, 5.74) is 3.95. The van der Waals surface area contributed by atoms with Crippen LogP contribution in [0.25, 0.3) is 22.3 Å². The van der Waals surface area contributed by atoms with E-state index in [1.165, 1.54) is 0 Å². The van der Waals surface area contributed by atoms with Gasteiger partial charge in [-0.1, -0.05) is 48.2 Å². The van der Waals surface area contributed by atoms with Gasteiger partial charge in [0.2, 0.25) is 0 Å². The minimum absolute atomic E-state index is 0.470. The molecule has 0 unspecified atom stereocenters. The van der Waals surface area contributed by atoms with E-state index in [0.29, 0.717) is 11.8 Å². The number of nitriles is 1. The first-order chi connectivity index (χ1) is 13.3. The standard InChI is InChI=1S/C21H17N5S/c22-11-14-5-1-2-6-15(14)13-27-21-25-24-20(26(21)16-9-10-16)18-12-23-19-8-4-3-7-17(18)19/h1-8,12,16,23H,9-10,13H2. The van der Waals surface area contributed by atoms with E-state index < -0.39 is 0 Å². The molecule has 0 bridgehead atoms. The molecule has 6 heteroatoms. The smallest absolute Gasteiger partial charge is 0.192 e. The maximum absolute atomic E-state index is 9.30. The van der Waals surface area contributed by atoms with Gasteiger partial charge < -0.3 is 4.98 Å². The fourth-order valence-corrected chi connectivity index (χ4v) is 4.38. The molecule has 132 valence electrons. The molecular formula is C21H17N5S. The molecule has 1 aliphatic carbocycles. The van der Waals surface area contributed by atoms with Crippen molar-refractivity contribution in [2.45, 2.75) is 29.8 Å². The molecule has 0 saturated heterocycles. The van der Waals surface area contributed by atoms with Crippen LogP contribution in [0.15, 0.2) is 59.9 Å². The number of aromatic nitrogens is 4. The second kappa shape index (κ2) is 6.60. The molecule has 0 radical (unpaired) electrons. The van der Waals surface area contributed by atoms with Gasteiger partial charge in [0.15, 0.2) is 11.0 Å². The largest absolute Gasteiger partial charge is 0.360 e. The summed E-state index contributed by atoms with van der Waals surface area (Å²) in [6, 6.07) is 18.7. The van der Waals surface area contributed by atoms with Crippen LogP contribution in [0.5, 0.6) is 0 Å². The molecule has 1 fully saturated rings. The van der Waals surface area contributed by atoms with Gasteiger partial charge in [0.25, 0.3) is 0 Å². The van der Waals surface area contributed by atoms with Crippen molar-refractivity contribution in [1.82, 2.24) is 19.7 Å². The summed E-state index contributed by atoms with van der Waals surface area (Å²) >= 11 is 1.65. The molecule has 5 rings (SSSR count). The lowest BCUT2D eigenvalue weighted by Gasteiger charge is -2.09. The van der Waals surface area contributed by atoms with Gasteiger partial charge in [0.05, 0.1) is 11.6 Å². The molecule has 2 heterocycles. The first-order valence-corrected chi connectivity index (χ1v) is 9.96. The third-order valence-electron chi connectivity index (χ3n) is 4.90. The Morgan fingerprint density at radius 2 is 1.93 bits per heavy atom. The molecule has 4 aromatic rings. The highest BCUT2D eigenvalue weighted by Gasteiger charge is 2.31. The Morgan fingerprint density at radius 1 is 1.11 bits per heavy atom. The molecule has 0 spiro atoms. The van der Waals surface area contributed by atoms with Crippen molar-refractivity contribution in [3.05, 3.63) is 65.9 Å². The molecule has 0 atom stereocenters. The van der Waals surface area contributed by atoms with Gasteiger partial charge >= 0.3 is 0 Å². The van der Waals surface area contributed by atoms with Crippen LogP contribution in [0, 0.1) is 11.3 Å². The number of aromatic amines is 1. The summed E-state index contributed by atoms with van der Waals surface area (Å²) in [6.45, 7) is 0. The van der Waals surface area contributed by atoms with Crippen molar-refractivity contribution in [3.8, 4) is 17.5 Å². The third kappa shape index (κ3) is 2.90. The molecule has 1 aliphatic rings. The summed E-state index contributed by atoms with van der Waals surface area (Å²) in [7, 11) is 0. The Kier molecular flexibility index (Phi) is 3.95. The highest BCUT2D eigenvalue weighted by molar-refractivity contribution is 7.98. The van der Waals surface area contributed by atoms with Crippen LogP contribution >= 0.6 is 11.8 Å². The van der Waals surface area contributed by atoms with Gasteiger partial charge in [-0.3, -0.25) is 4.57 Å². The van der Waals surface area contributed by atoms with E-state index in [0.717, 1.165) is 51.4 Å². The molecule has 0 amide bonds. The Labute approximate surface area is 161 Å². The maximum Gasteiger partial charge on any atom is 0.192 e. The van der Waals surface area contributed by atoms with Gasteiger partial charge in [0.1, 0.15) is 0 Å².